The number of piperidine rings is 1. The Kier molecular flexibility index (Phi) is 6.11. The van der Waals surface area contributed by atoms with Crippen LogP contribution < -0.4 is 10.1 Å². The van der Waals surface area contributed by atoms with E-state index in [4.69, 9.17) is 9.15 Å². The van der Waals surface area contributed by atoms with Crippen LogP contribution in [0.3, 0.4) is 0 Å². The fourth-order valence-corrected chi connectivity index (χ4v) is 4.41. The van der Waals surface area contributed by atoms with E-state index in [-0.39, 0.29) is 6.04 Å². The molecule has 1 aromatic carbocycles. The first-order valence-corrected chi connectivity index (χ1v) is 11.4. The van der Waals surface area contributed by atoms with Gasteiger partial charge in [-0.2, -0.15) is 10.2 Å². The summed E-state index contributed by atoms with van der Waals surface area (Å²) in [6.45, 7) is 6.78. The zero-order chi connectivity index (χ0) is 23.5. The predicted molar refractivity (Wildman–Crippen MR) is 129 cm³/mol. The summed E-state index contributed by atoms with van der Waals surface area (Å²) in [5.41, 5.74) is 4.81. The lowest BCUT2D eigenvalue weighted by molar-refractivity contribution is 0.211. The van der Waals surface area contributed by atoms with Crippen LogP contribution in [0.4, 0.5) is 5.95 Å². The van der Waals surface area contributed by atoms with E-state index in [1.54, 1.807) is 6.26 Å². The van der Waals surface area contributed by atoms with E-state index in [1.165, 1.54) is 5.56 Å². The van der Waals surface area contributed by atoms with Crippen LogP contribution in [-0.4, -0.2) is 39.0 Å². The average Bonchev–Trinajstić information content (AvgIpc) is 3.32. The first-order valence-electron chi connectivity index (χ1n) is 11.4. The number of hydrogen-bond acceptors (Lipinski definition) is 8. The molecule has 8 heteroatoms. The highest BCUT2D eigenvalue weighted by Gasteiger charge is 2.22. The van der Waals surface area contributed by atoms with E-state index in [1.807, 2.05) is 44.4 Å². The maximum absolute atomic E-state index is 9.22. The molecule has 4 heterocycles. The molecule has 5 rings (SSSR count). The van der Waals surface area contributed by atoms with Crippen molar-refractivity contribution in [1.29, 1.82) is 5.26 Å². The molecule has 0 amide bonds. The number of benzene rings is 1. The molecule has 1 saturated heterocycles. The summed E-state index contributed by atoms with van der Waals surface area (Å²) in [4.78, 5) is 15.8. The van der Waals surface area contributed by atoms with Gasteiger partial charge in [0.25, 0.3) is 5.88 Å². The van der Waals surface area contributed by atoms with E-state index in [0.29, 0.717) is 34.2 Å². The summed E-state index contributed by atoms with van der Waals surface area (Å²) >= 11 is 0. The Morgan fingerprint density at radius 3 is 2.56 bits per heavy atom. The largest absolute Gasteiger partial charge is 0.457 e. The number of nitrogens with zero attached hydrogens (tertiary/aromatic N) is 5. The molecular formula is C26H26N6O2. The molecule has 1 aliphatic heterocycles. The number of ether oxygens (including phenoxy) is 1. The van der Waals surface area contributed by atoms with Crippen molar-refractivity contribution in [2.24, 2.45) is 0 Å². The van der Waals surface area contributed by atoms with Gasteiger partial charge in [0.15, 0.2) is 0 Å². The fourth-order valence-electron chi connectivity index (χ4n) is 4.41. The minimum absolute atomic E-state index is 0.282. The molecule has 0 radical (unpaired) electrons. The van der Waals surface area contributed by atoms with Crippen LogP contribution >= 0.6 is 0 Å². The highest BCUT2D eigenvalue weighted by Crippen LogP contribution is 2.34. The Morgan fingerprint density at radius 1 is 1.12 bits per heavy atom. The second kappa shape index (κ2) is 9.49. The lowest BCUT2D eigenvalue weighted by Gasteiger charge is -2.32. The van der Waals surface area contributed by atoms with E-state index >= 15 is 0 Å². The van der Waals surface area contributed by atoms with Gasteiger partial charge in [-0.25, -0.2) is 4.98 Å². The van der Waals surface area contributed by atoms with Gasteiger partial charge in [-0.1, -0.05) is 0 Å². The zero-order valence-corrected chi connectivity index (χ0v) is 19.3. The molecule has 1 fully saturated rings. The van der Waals surface area contributed by atoms with Crippen LogP contribution in [0.5, 0.6) is 11.6 Å². The quantitative estimate of drug-likeness (QED) is 0.436. The number of furan rings is 1. The molecule has 0 unspecified atom stereocenters. The third kappa shape index (κ3) is 4.70. The van der Waals surface area contributed by atoms with Gasteiger partial charge in [-0.15, -0.1) is 0 Å². The van der Waals surface area contributed by atoms with Crippen LogP contribution in [-0.2, 0) is 6.54 Å². The first kappa shape index (κ1) is 21.9. The highest BCUT2D eigenvalue weighted by atomic mass is 16.5. The van der Waals surface area contributed by atoms with Crippen molar-refractivity contribution in [2.75, 3.05) is 18.4 Å². The minimum atomic E-state index is 0.282. The van der Waals surface area contributed by atoms with Gasteiger partial charge in [-0.05, 0) is 67.6 Å². The summed E-state index contributed by atoms with van der Waals surface area (Å²) in [6.07, 6.45) is 7.27. The molecule has 4 aromatic rings. The highest BCUT2D eigenvalue weighted by molar-refractivity contribution is 5.79. The SMILES string of the molecule is Cc1cc(C#N)cc(C)c1Oc1nc(NC2CCN(Cc3ccncc3)CC2)nc2ccoc12. The Balaban J connectivity index is 1.31. The Hall–Kier alpha value is -3.96. The molecule has 34 heavy (non-hydrogen) atoms. The van der Waals surface area contributed by atoms with Crippen molar-refractivity contribution in [3.05, 3.63) is 71.2 Å². The Morgan fingerprint density at radius 2 is 1.85 bits per heavy atom. The van der Waals surface area contributed by atoms with Crippen molar-refractivity contribution >= 4 is 17.0 Å². The maximum Gasteiger partial charge on any atom is 0.268 e. The number of anilines is 1. The number of likely N-dealkylation sites (tertiary alicyclic amines) is 1. The van der Waals surface area contributed by atoms with Crippen LogP contribution in [0.25, 0.3) is 11.1 Å². The average molecular weight is 455 g/mol. The zero-order valence-electron chi connectivity index (χ0n) is 19.3. The van der Waals surface area contributed by atoms with Crippen LogP contribution in [0.1, 0.15) is 35.1 Å². The van der Waals surface area contributed by atoms with E-state index in [9.17, 15) is 5.26 Å². The van der Waals surface area contributed by atoms with Gasteiger partial charge < -0.3 is 14.5 Å². The Labute approximate surface area is 198 Å². The number of rotatable bonds is 6. The van der Waals surface area contributed by atoms with E-state index in [0.717, 1.165) is 43.6 Å². The second-order valence-corrected chi connectivity index (χ2v) is 8.69. The molecule has 0 bridgehead atoms. The molecule has 0 atom stereocenters. The lowest BCUT2D eigenvalue weighted by atomic mass is 10.0. The van der Waals surface area contributed by atoms with Crippen molar-refractivity contribution in [2.45, 2.75) is 39.3 Å². The smallest absolute Gasteiger partial charge is 0.268 e. The molecule has 0 spiro atoms. The normalized spacial score (nSPS) is 14.7. The van der Waals surface area contributed by atoms with Crippen LogP contribution in [0, 0.1) is 25.2 Å². The van der Waals surface area contributed by atoms with Gasteiger partial charge in [0.2, 0.25) is 11.5 Å². The third-order valence-corrected chi connectivity index (χ3v) is 6.14. The summed E-state index contributed by atoms with van der Waals surface area (Å²) in [6, 6.07) is 12.0. The predicted octanol–water partition coefficient (Wildman–Crippen LogP) is 4.98. The number of aromatic nitrogens is 3. The van der Waals surface area contributed by atoms with E-state index < -0.39 is 0 Å². The van der Waals surface area contributed by atoms with Gasteiger partial charge in [-0.3, -0.25) is 9.88 Å². The minimum Gasteiger partial charge on any atom is -0.457 e. The Bertz CT molecular complexity index is 1310. The summed E-state index contributed by atoms with van der Waals surface area (Å²) < 4.78 is 11.8. The number of fused-ring (bicyclic) bond motifs is 1. The van der Waals surface area contributed by atoms with Crippen molar-refractivity contribution in [3.8, 4) is 17.7 Å². The molecule has 0 saturated carbocycles. The molecule has 172 valence electrons. The first-order chi connectivity index (χ1) is 16.6. The third-order valence-electron chi connectivity index (χ3n) is 6.14. The summed E-state index contributed by atoms with van der Waals surface area (Å²) in [5.74, 6) is 1.56. The standard InChI is InChI=1S/C26H26N6O2/c1-17-13-20(15-27)14-18(2)23(17)34-25-24-22(7-12-33-24)30-26(31-25)29-21-5-10-32(11-6-21)16-19-3-8-28-9-4-19/h3-4,7-9,12-14,21H,5-6,10-11,16H2,1-2H3,(H,29,30,31). The molecule has 3 aromatic heterocycles. The maximum atomic E-state index is 9.22. The van der Waals surface area contributed by atoms with E-state index in [2.05, 4.69) is 43.4 Å². The monoisotopic (exact) mass is 454 g/mol. The van der Waals surface area contributed by atoms with Crippen molar-refractivity contribution < 1.29 is 9.15 Å². The number of nitrogens with one attached hydrogen (secondary N) is 1. The van der Waals surface area contributed by atoms with Crippen molar-refractivity contribution in [3.63, 3.8) is 0 Å². The molecule has 8 nitrogen and oxygen atoms in total. The summed E-state index contributed by atoms with van der Waals surface area (Å²) in [5, 5.41) is 12.7. The molecular weight excluding hydrogens is 428 g/mol. The second-order valence-electron chi connectivity index (χ2n) is 8.69. The molecule has 1 N–H and O–H groups in total. The van der Waals surface area contributed by atoms with Crippen LogP contribution in [0.15, 0.2) is 53.4 Å². The molecule has 1 aliphatic rings. The fraction of sp³-hybridized carbons (Fsp3) is 0.308. The number of aryl methyl sites for hydroxylation is 2. The van der Waals surface area contributed by atoms with Gasteiger partial charge in [0, 0.05) is 44.1 Å². The number of hydrogen-bond donors (Lipinski definition) is 1. The van der Waals surface area contributed by atoms with Crippen molar-refractivity contribution in [1.82, 2.24) is 19.9 Å². The van der Waals surface area contributed by atoms with Gasteiger partial charge >= 0.3 is 0 Å². The van der Waals surface area contributed by atoms with Gasteiger partial charge in [0.1, 0.15) is 11.3 Å². The van der Waals surface area contributed by atoms with Crippen LogP contribution in [0.2, 0.25) is 0 Å². The molecule has 0 aliphatic carbocycles. The number of nitriles is 1. The lowest BCUT2D eigenvalue weighted by Crippen LogP contribution is -2.39. The summed E-state index contributed by atoms with van der Waals surface area (Å²) in [7, 11) is 0. The topological polar surface area (TPSA) is 100 Å². The van der Waals surface area contributed by atoms with Gasteiger partial charge in [0.05, 0.1) is 17.9 Å². The number of pyridine rings is 1.